The number of nitrogens with zero attached hydrogens (tertiary/aromatic N) is 4. The molecule has 0 bridgehead atoms. The van der Waals surface area contributed by atoms with Gasteiger partial charge in [-0.25, -0.2) is 15.0 Å². The van der Waals surface area contributed by atoms with E-state index < -0.39 is 0 Å². The molecule has 5 nitrogen and oxygen atoms in total. The van der Waals surface area contributed by atoms with Crippen molar-refractivity contribution in [2.45, 2.75) is 0 Å². The minimum Gasteiger partial charge on any atom is -0.456 e. The standard InChI is InChI=1S/C51H30N4OS/c1-3-12-31(13-4-1)32-22-25-35(26-23-32)55-41-19-9-7-16-36(41)39-28-29-43-47(48(39)55)46-40(18-11-20-42(46)56-43)51-53-49(33-14-5-2-6-15-33)52-50(54-51)34-24-27-38-37-17-8-10-21-44(37)57-45(38)30-34/h1-30H. The first-order chi connectivity index (χ1) is 28.2. The number of para-hydroxylation sites is 1. The Labute approximate surface area is 330 Å². The Morgan fingerprint density at radius 3 is 1.84 bits per heavy atom. The quantitative estimate of drug-likeness (QED) is 0.176. The highest BCUT2D eigenvalue weighted by Crippen LogP contribution is 2.44. The van der Waals surface area contributed by atoms with Crippen molar-refractivity contribution in [1.29, 1.82) is 0 Å². The van der Waals surface area contributed by atoms with Crippen molar-refractivity contribution < 1.29 is 4.42 Å². The second kappa shape index (κ2) is 12.6. The van der Waals surface area contributed by atoms with Gasteiger partial charge in [0.25, 0.3) is 0 Å². The summed E-state index contributed by atoms with van der Waals surface area (Å²) in [7, 11) is 0. The molecule has 0 unspecified atom stereocenters. The van der Waals surface area contributed by atoms with E-state index in [-0.39, 0.29) is 0 Å². The van der Waals surface area contributed by atoms with Crippen LogP contribution in [0.25, 0.3) is 115 Å². The molecule has 12 aromatic rings. The lowest BCUT2D eigenvalue weighted by atomic mass is 10.0. The van der Waals surface area contributed by atoms with E-state index in [9.17, 15) is 0 Å². The van der Waals surface area contributed by atoms with Crippen LogP contribution in [-0.2, 0) is 0 Å². The minimum atomic E-state index is 0.593. The normalized spacial score (nSPS) is 11.9. The van der Waals surface area contributed by atoms with E-state index in [1.807, 2.05) is 30.3 Å². The fraction of sp³-hybridized carbons (Fsp3) is 0. The summed E-state index contributed by atoms with van der Waals surface area (Å²) in [5, 5.41) is 6.83. The number of thiophene rings is 1. The van der Waals surface area contributed by atoms with Gasteiger partial charge in [0, 0.05) is 58.7 Å². The Morgan fingerprint density at radius 1 is 0.404 bits per heavy atom. The van der Waals surface area contributed by atoms with Crippen molar-refractivity contribution in [3.8, 4) is 51.0 Å². The molecule has 0 radical (unpaired) electrons. The van der Waals surface area contributed by atoms with Gasteiger partial charge in [0.2, 0.25) is 0 Å². The van der Waals surface area contributed by atoms with Crippen molar-refractivity contribution in [1.82, 2.24) is 19.5 Å². The van der Waals surface area contributed by atoms with Gasteiger partial charge < -0.3 is 8.98 Å². The maximum Gasteiger partial charge on any atom is 0.164 e. The molecular formula is C51H30N4OS. The van der Waals surface area contributed by atoms with E-state index in [4.69, 9.17) is 19.4 Å². The molecule has 0 aliphatic carbocycles. The summed E-state index contributed by atoms with van der Waals surface area (Å²) in [4.78, 5) is 15.6. The Bertz CT molecular complexity index is 3510. The highest BCUT2D eigenvalue weighted by Gasteiger charge is 2.23. The van der Waals surface area contributed by atoms with Crippen LogP contribution in [0.1, 0.15) is 0 Å². The lowest BCUT2D eigenvalue weighted by molar-refractivity contribution is 0.669. The number of hydrogen-bond donors (Lipinski definition) is 0. The highest BCUT2D eigenvalue weighted by molar-refractivity contribution is 7.25. The number of hydrogen-bond acceptors (Lipinski definition) is 5. The molecule has 0 saturated carbocycles. The molecule has 8 aromatic carbocycles. The first-order valence-electron chi connectivity index (χ1n) is 19.0. The average molecular weight is 747 g/mol. The molecule has 57 heavy (non-hydrogen) atoms. The molecule has 4 aromatic heterocycles. The molecule has 0 amide bonds. The summed E-state index contributed by atoms with van der Waals surface area (Å²) in [6.07, 6.45) is 0. The Kier molecular flexibility index (Phi) is 7.03. The van der Waals surface area contributed by atoms with Crippen molar-refractivity contribution in [3.05, 3.63) is 182 Å². The fourth-order valence-corrected chi connectivity index (χ4v) is 9.60. The maximum atomic E-state index is 6.71. The van der Waals surface area contributed by atoms with Crippen LogP contribution in [0.5, 0.6) is 0 Å². The van der Waals surface area contributed by atoms with Gasteiger partial charge in [-0.3, -0.25) is 0 Å². The summed E-state index contributed by atoms with van der Waals surface area (Å²) in [6.45, 7) is 0. The van der Waals surface area contributed by atoms with Crippen LogP contribution in [0.2, 0.25) is 0 Å². The topological polar surface area (TPSA) is 56.7 Å². The van der Waals surface area contributed by atoms with E-state index in [1.165, 1.54) is 36.7 Å². The zero-order valence-electron chi connectivity index (χ0n) is 30.4. The first-order valence-corrected chi connectivity index (χ1v) is 19.8. The van der Waals surface area contributed by atoms with Gasteiger partial charge in [0.1, 0.15) is 11.2 Å². The minimum absolute atomic E-state index is 0.593. The van der Waals surface area contributed by atoms with Crippen molar-refractivity contribution in [2.24, 2.45) is 0 Å². The molecule has 12 rings (SSSR count). The molecule has 0 saturated heterocycles. The zero-order chi connectivity index (χ0) is 37.5. The summed E-state index contributed by atoms with van der Waals surface area (Å²) in [6, 6.07) is 63.7. The van der Waals surface area contributed by atoms with E-state index in [1.54, 1.807) is 11.3 Å². The van der Waals surface area contributed by atoms with Crippen molar-refractivity contribution in [3.63, 3.8) is 0 Å². The largest absolute Gasteiger partial charge is 0.456 e. The van der Waals surface area contributed by atoms with Gasteiger partial charge in [0.15, 0.2) is 17.5 Å². The molecular weight excluding hydrogens is 717 g/mol. The van der Waals surface area contributed by atoms with Gasteiger partial charge in [-0.05, 0) is 59.7 Å². The van der Waals surface area contributed by atoms with Crippen LogP contribution in [0.15, 0.2) is 186 Å². The van der Waals surface area contributed by atoms with Crippen LogP contribution >= 0.6 is 11.3 Å². The van der Waals surface area contributed by atoms with E-state index in [2.05, 4.69) is 156 Å². The summed E-state index contributed by atoms with van der Waals surface area (Å²) in [5.41, 5.74) is 10.00. The van der Waals surface area contributed by atoms with Crippen LogP contribution in [-0.4, -0.2) is 19.5 Å². The molecule has 0 atom stereocenters. The Balaban J connectivity index is 1.12. The predicted molar refractivity (Wildman–Crippen MR) is 236 cm³/mol. The molecule has 4 heterocycles. The average Bonchev–Trinajstić information content (AvgIpc) is 3.96. The molecule has 266 valence electrons. The third-order valence-corrected chi connectivity index (χ3v) is 12.2. The molecule has 0 aliphatic heterocycles. The number of benzene rings is 8. The molecule has 6 heteroatoms. The molecule has 0 N–H and O–H groups in total. The smallest absolute Gasteiger partial charge is 0.164 e. The van der Waals surface area contributed by atoms with Crippen molar-refractivity contribution in [2.75, 3.05) is 0 Å². The Morgan fingerprint density at radius 2 is 1.02 bits per heavy atom. The summed E-state index contributed by atoms with van der Waals surface area (Å²) < 4.78 is 11.6. The van der Waals surface area contributed by atoms with Gasteiger partial charge >= 0.3 is 0 Å². The number of aromatic nitrogens is 4. The monoisotopic (exact) mass is 746 g/mol. The lowest BCUT2D eigenvalue weighted by Crippen LogP contribution is -2.00. The van der Waals surface area contributed by atoms with Gasteiger partial charge in [-0.2, -0.15) is 0 Å². The Hall–Kier alpha value is -7.41. The van der Waals surface area contributed by atoms with Crippen LogP contribution in [0, 0.1) is 0 Å². The summed E-state index contributed by atoms with van der Waals surface area (Å²) >= 11 is 1.79. The highest BCUT2D eigenvalue weighted by atomic mass is 32.1. The van der Waals surface area contributed by atoms with E-state index >= 15 is 0 Å². The molecule has 0 spiro atoms. The zero-order valence-corrected chi connectivity index (χ0v) is 31.2. The van der Waals surface area contributed by atoms with Crippen LogP contribution in [0.4, 0.5) is 0 Å². The third-order valence-electron chi connectivity index (χ3n) is 11.1. The second-order valence-corrected chi connectivity index (χ2v) is 15.4. The summed E-state index contributed by atoms with van der Waals surface area (Å²) in [5.74, 6) is 1.84. The number of rotatable bonds is 5. The van der Waals surface area contributed by atoms with E-state index in [0.29, 0.717) is 17.5 Å². The maximum absolute atomic E-state index is 6.71. The SMILES string of the molecule is c1ccc(-c2ccc(-n3c4ccccc4c4ccc5oc6cccc(-c7nc(-c8ccccc8)nc(-c8ccc9c(c8)sc8ccccc89)n7)c6c5c43)cc2)cc1. The fourth-order valence-electron chi connectivity index (χ4n) is 8.45. The molecule has 0 fully saturated rings. The predicted octanol–water partition coefficient (Wildman–Crippen LogP) is 13.9. The molecule has 0 aliphatic rings. The second-order valence-electron chi connectivity index (χ2n) is 14.4. The van der Waals surface area contributed by atoms with Gasteiger partial charge in [-0.15, -0.1) is 11.3 Å². The third kappa shape index (κ3) is 5.04. The van der Waals surface area contributed by atoms with Crippen molar-refractivity contribution >= 4 is 75.3 Å². The van der Waals surface area contributed by atoms with Gasteiger partial charge in [0.05, 0.1) is 16.4 Å². The van der Waals surface area contributed by atoms with E-state index in [0.717, 1.165) is 60.7 Å². The number of fused-ring (bicyclic) bond motifs is 10. The van der Waals surface area contributed by atoms with Crippen LogP contribution in [0.3, 0.4) is 0 Å². The van der Waals surface area contributed by atoms with Gasteiger partial charge in [-0.1, -0.05) is 133 Å². The lowest BCUT2D eigenvalue weighted by Gasteiger charge is -2.11. The first kappa shape index (κ1) is 31.9. The van der Waals surface area contributed by atoms with Crippen LogP contribution < -0.4 is 0 Å². The number of furan rings is 1.